The lowest BCUT2D eigenvalue weighted by molar-refractivity contribution is -0.0852. The van der Waals surface area contributed by atoms with Crippen molar-refractivity contribution < 1.29 is 4.74 Å². The quantitative estimate of drug-likeness (QED) is 0.921. The summed E-state index contributed by atoms with van der Waals surface area (Å²) in [5, 5.41) is 3.47. The van der Waals surface area contributed by atoms with E-state index < -0.39 is 0 Å². The first-order valence-electron chi connectivity index (χ1n) is 7.13. The van der Waals surface area contributed by atoms with Crippen LogP contribution >= 0.6 is 11.8 Å². The van der Waals surface area contributed by atoms with Gasteiger partial charge in [-0.2, -0.15) is 11.8 Å². The Labute approximate surface area is 119 Å². The van der Waals surface area contributed by atoms with E-state index in [0.717, 1.165) is 18.7 Å². The van der Waals surface area contributed by atoms with Crippen molar-refractivity contribution in [2.75, 3.05) is 25.2 Å². The van der Waals surface area contributed by atoms with Gasteiger partial charge in [0.05, 0.1) is 17.3 Å². The zero-order chi connectivity index (χ0) is 13.1. The summed E-state index contributed by atoms with van der Waals surface area (Å²) in [7, 11) is 2.05. The van der Waals surface area contributed by atoms with Crippen LogP contribution in [0.5, 0.6) is 0 Å². The summed E-state index contributed by atoms with van der Waals surface area (Å²) in [6.07, 6.45) is 5.41. The molecule has 2 aliphatic rings. The molecular formula is C15H22N2OS. The van der Waals surface area contributed by atoms with Crippen molar-refractivity contribution in [2.45, 2.75) is 30.9 Å². The average molecular weight is 278 g/mol. The van der Waals surface area contributed by atoms with Crippen molar-refractivity contribution in [3.05, 3.63) is 30.1 Å². The van der Waals surface area contributed by atoms with Gasteiger partial charge in [-0.05, 0) is 50.1 Å². The predicted molar refractivity (Wildman–Crippen MR) is 79.4 cm³/mol. The third-order valence-corrected chi connectivity index (χ3v) is 5.61. The van der Waals surface area contributed by atoms with E-state index >= 15 is 0 Å². The van der Waals surface area contributed by atoms with E-state index in [2.05, 4.69) is 22.4 Å². The van der Waals surface area contributed by atoms with Crippen molar-refractivity contribution in [3.63, 3.8) is 0 Å². The molecule has 3 atom stereocenters. The fourth-order valence-corrected chi connectivity index (χ4v) is 4.78. The maximum atomic E-state index is 6.12. The standard InChI is InChI=1S/C15H22N2OS/c1-16-14(13-4-2-3-7-17-13)12-5-8-18-15(10-12)6-9-19-11-15/h2-4,7,12,14,16H,5-6,8-11H2,1H3. The average Bonchev–Trinajstić information content (AvgIpc) is 2.89. The first-order chi connectivity index (χ1) is 9.33. The van der Waals surface area contributed by atoms with Gasteiger partial charge in [0.2, 0.25) is 0 Å². The minimum absolute atomic E-state index is 0.150. The number of pyridine rings is 1. The maximum absolute atomic E-state index is 6.12. The lowest BCUT2D eigenvalue weighted by atomic mass is 9.80. The summed E-state index contributed by atoms with van der Waals surface area (Å²) in [5.74, 6) is 3.05. The Hall–Kier alpha value is -0.580. The van der Waals surface area contributed by atoms with Crippen molar-refractivity contribution in [3.8, 4) is 0 Å². The number of rotatable bonds is 3. The summed E-state index contributed by atoms with van der Waals surface area (Å²) in [4.78, 5) is 4.53. The molecule has 4 heteroatoms. The van der Waals surface area contributed by atoms with E-state index in [-0.39, 0.29) is 5.60 Å². The minimum atomic E-state index is 0.150. The highest BCUT2D eigenvalue weighted by Crippen LogP contribution is 2.43. The number of hydrogen-bond donors (Lipinski definition) is 1. The van der Waals surface area contributed by atoms with Crippen LogP contribution in [0.4, 0.5) is 0 Å². The number of nitrogens with one attached hydrogen (secondary N) is 1. The predicted octanol–water partition coefficient (Wildman–Crippen LogP) is 2.64. The molecule has 2 saturated heterocycles. The highest BCUT2D eigenvalue weighted by Gasteiger charge is 2.42. The third-order valence-electron chi connectivity index (χ3n) is 4.39. The summed E-state index contributed by atoms with van der Waals surface area (Å²) in [6, 6.07) is 6.54. The second-order valence-corrected chi connectivity index (χ2v) is 6.71. The zero-order valence-electron chi connectivity index (χ0n) is 11.5. The Morgan fingerprint density at radius 1 is 1.53 bits per heavy atom. The van der Waals surface area contributed by atoms with Gasteiger partial charge in [0.1, 0.15) is 0 Å². The topological polar surface area (TPSA) is 34.2 Å². The van der Waals surface area contributed by atoms with Gasteiger partial charge in [-0.15, -0.1) is 0 Å². The number of thioether (sulfide) groups is 1. The Morgan fingerprint density at radius 2 is 2.47 bits per heavy atom. The fourth-order valence-electron chi connectivity index (χ4n) is 3.40. The Morgan fingerprint density at radius 3 is 3.16 bits per heavy atom. The van der Waals surface area contributed by atoms with Crippen LogP contribution in [-0.4, -0.2) is 35.7 Å². The third kappa shape index (κ3) is 2.81. The van der Waals surface area contributed by atoms with E-state index in [0.29, 0.717) is 12.0 Å². The van der Waals surface area contributed by atoms with Crippen LogP contribution in [0.2, 0.25) is 0 Å². The molecule has 0 radical (unpaired) electrons. The molecular weight excluding hydrogens is 256 g/mol. The van der Waals surface area contributed by atoms with Crippen molar-refractivity contribution >= 4 is 11.8 Å². The van der Waals surface area contributed by atoms with E-state index in [1.54, 1.807) is 0 Å². The maximum Gasteiger partial charge on any atom is 0.0783 e. The molecule has 0 saturated carbocycles. The second-order valence-electron chi connectivity index (χ2n) is 5.61. The lowest BCUT2D eigenvalue weighted by Gasteiger charge is -2.40. The Kier molecular flexibility index (Phi) is 4.10. The highest BCUT2D eigenvalue weighted by atomic mass is 32.2. The molecule has 1 aromatic heterocycles. The van der Waals surface area contributed by atoms with E-state index in [1.807, 2.05) is 31.1 Å². The molecule has 0 aromatic carbocycles. The molecule has 1 spiro atoms. The molecule has 1 N–H and O–H groups in total. The molecule has 3 nitrogen and oxygen atoms in total. The summed E-state index contributed by atoms with van der Waals surface area (Å²) in [5.41, 5.74) is 1.31. The van der Waals surface area contributed by atoms with Gasteiger partial charge in [-0.25, -0.2) is 0 Å². The zero-order valence-corrected chi connectivity index (χ0v) is 12.3. The molecule has 3 heterocycles. The van der Waals surface area contributed by atoms with Crippen LogP contribution in [0, 0.1) is 5.92 Å². The van der Waals surface area contributed by atoms with Gasteiger partial charge in [0.15, 0.2) is 0 Å². The van der Waals surface area contributed by atoms with E-state index in [4.69, 9.17) is 4.74 Å². The monoisotopic (exact) mass is 278 g/mol. The normalized spacial score (nSPS) is 32.6. The van der Waals surface area contributed by atoms with Crippen LogP contribution in [0.15, 0.2) is 24.4 Å². The highest BCUT2D eigenvalue weighted by molar-refractivity contribution is 7.99. The van der Waals surface area contributed by atoms with Crippen LogP contribution < -0.4 is 5.32 Å². The number of ether oxygens (including phenoxy) is 1. The van der Waals surface area contributed by atoms with Gasteiger partial charge in [-0.3, -0.25) is 4.98 Å². The van der Waals surface area contributed by atoms with Gasteiger partial charge in [0, 0.05) is 18.6 Å². The molecule has 19 heavy (non-hydrogen) atoms. The van der Waals surface area contributed by atoms with E-state index in [9.17, 15) is 0 Å². The first kappa shape index (κ1) is 13.4. The summed E-state index contributed by atoms with van der Waals surface area (Å²) < 4.78 is 6.12. The molecule has 2 aliphatic heterocycles. The van der Waals surface area contributed by atoms with Gasteiger partial charge in [0.25, 0.3) is 0 Å². The van der Waals surface area contributed by atoms with Crippen molar-refractivity contribution in [2.24, 2.45) is 5.92 Å². The van der Waals surface area contributed by atoms with Gasteiger partial charge < -0.3 is 10.1 Å². The van der Waals surface area contributed by atoms with Crippen molar-refractivity contribution in [1.29, 1.82) is 0 Å². The second kappa shape index (κ2) is 5.81. The minimum Gasteiger partial charge on any atom is -0.374 e. The number of nitrogens with zero attached hydrogens (tertiary/aromatic N) is 1. The Balaban J connectivity index is 1.76. The van der Waals surface area contributed by atoms with Crippen molar-refractivity contribution in [1.82, 2.24) is 10.3 Å². The molecule has 104 valence electrons. The molecule has 0 bridgehead atoms. The molecule has 1 aromatic rings. The van der Waals surface area contributed by atoms with Gasteiger partial charge >= 0.3 is 0 Å². The van der Waals surface area contributed by atoms with Crippen LogP contribution in [0.25, 0.3) is 0 Å². The molecule has 3 rings (SSSR count). The van der Waals surface area contributed by atoms with Crippen LogP contribution in [0.1, 0.15) is 31.0 Å². The van der Waals surface area contributed by atoms with Crippen LogP contribution in [-0.2, 0) is 4.74 Å². The lowest BCUT2D eigenvalue weighted by Crippen LogP contribution is -2.43. The largest absolute Gasteiger partial charge is 0.374 e. The number of hydrogen-bond acceptors (Lipinski definition) is 4. The van der Waals surface area contributed by atoms with Crippen LogP contribution in [0.3, 0.4) is 0 Å². The SMILES string of the molecule is CNC(c1ccccn1)C1CCOC2(CCSC2)C1. The molecule has 3 unspecified atom stereocenters. The summed E-state index contributed by atoms with van der Waals surface area (Å²) >= 11 is 2.04. The molecule has 0 amide bonds. The molecule has 0 aliphatic carbocycles. The summed E-state index contributed by atoms with van der Waals surface area (Å²) in [6.45, 7) is 0.899. The fraction of sp³-hybridized carbons (Fsp3) is 0.667. The Bertz CT molecular complexity index is 406. The first-order valence-corrected chi connectivity index (χ1v) is 8.28. The van der Waals surface area contributed by atoms with E-state index in [1.165, 1.54) is 24.3 Å². The van der Waals surface area contributed by atoms with Gasteiger partial charge in [-0.1, -0.05) is 6.07 Å². The number of aromatic nitrogens is 1. The molecule has 2 fully saturated rings. The smallest absolute Gasteiger partial charge is 0.0783 e.